The van der Waals surface area contributed by atoms with Crippen molar-refractivity contribution in [2.75, 3.05) is 39.9 Å². The highest BCUT2D eigenvalue weighted by Crippen LogP contribution is 2.15. The van der Waals surface area contributed by atoms with Crippen LogP contribution in [0.1, 0.15) is 19.3 Å². The van der Waals surface area contributed by atoms with E-state index >= 15 is 0 Å². The van der Waals surface area contributed by atoms with Gasteiger partial charge in [0.15, 0.2) is 6.10 Å². The largest absolute Gasteiger partial charge is 0.479 e. The number of carbonyl (C=O) groups excluding carboxylic acids is 1. The Bertz CT molecular complexity index is 357. The highest BCUT2D eigenvalue weighted by atomic mass is 16.5. The van der Waals surface area contributed by atoms with Gasteiger partial charge in [-0.3, -0.25) is 0 Å². The maximum atomic E-state index is 12.3. The maximum Gasteiger partial charge on any atom is 0.334 e. The Morgan fingerprint density at radius 1 is 1.30 bits per heavy atom. The van der Waals surface area contributed by atoms with Gasteiger partial charge in [0, 0.05) is 26.7 Å². The zero-order valence-corrected chi connectivity index (χ0v) is 11.8. The first-order valence-electron chi connectivity index (χ1n) is 7.04. The molecule has 2 heterocycles. The molecule has 0 spiro atoms. The summed E-state index contributed by atoms with van der Waals surface area (Å²) >= 11 is 0. The second kappa shape index (κ2) is 6.90. The van der Waals surface area contributed by atoms with Crippen LogP contribution >= 0.6 is 0 Å². The Morgan fingerprint density at radius 3 is 2.75 bits per heavy atom. The Morgan fingerprint density at radius 2 is 2.10 bits per heavy atom. The molecular formula is C13H22N2O5. The van der Waals surface area contributed by atoms with E-state index in [-0.39, 0.29) is 25.3 Å². The van der Waals surface area contributed by atoms with Gasteiger partial charge in [0.05, 0.1) is 19.3 Å². The number of urea groups is 1. The van der Waals surface area contributed by atoms with Crippen LogP contribution in [0.15, 0.2) is 0 Å². The van der Waals surface area contributed by atoms with Crippen LogP contribution in [0.2, 0.25) is 0 Å². The standard InChI is InChI=1S/C13H22N2O5/c1-14(8-10-4-2-3-6-19-10)13(18)15-5-7-20-11(9-15)12(16)17/h10-11H,2-9H2,1H3,(H,16,17). The third-order valence-corrected chi connectivity index (χ3v) is 3.69. The topological polar surface area (TPSA) is 79.3 Å². The number of carbonyl (C=O) groups is 2. The van der Waals surface area contributed by atoms with Crippen molar-refractivity contribution in [2.24, 2.45) is 0 Å². The van der Waals surface area contributed by atoms with E-state index in [2.05, 4.69) is 0 Å². The number of aliphatic carboxylic acids is 1. The molecule has 0 radical (unpaired) electrons. The van der Waals surface area contributed by atoms with Gasteiger partial charge >= 0.3 is 12.0 Å². The molecule has 2 amide bonds. The number of ether oxygens (including phenoxy) is 2. The van der Waals surface area contributed by atoms with Crippen molar-refractivity contribution in [3.8, 4) is 0 Å². The predicted molar refractivity (Wildman–Crippen MR) is 70.6 cm³/mol. The first-order valence-corrected chi connectivity index (χ1v) is 7.04. The molecule has 2 saturated heterocycles. The molecule has 2 rings (SSSR count). The molecule has 7 nitrogen and oxygen atoms in total. The summed E-state index contributed by atoms with van der Waals surface area (Å²) < 4.78 is 10.7. The molecule has 0 saturated carbocycles. The number of morpholine rings is 1. The molecular weight excluding hydrogens is 264 g/mol. The molecule has 2 atom stereocenters. The predicted octanol–water partition coefficient (Wildman–Crippen LogP) is 0.393. The molecule has 2 unspecified atom stereocenters. The Balaban J connectivity index is 1.84. The smallest absolute Gasteiger partial charge is 0.334 e. The number of hydrogen-bond acceptors (Lipinski definition) is 4. The van der Waals surface area contributed by atoms with Gasteiger partial charge in [0.1, 0.15) is 0 Å². The average Bonchev–Trinajstić information content (AvgIpc) is 2.47. The molecule has 2 aliphatic rings. The van der Waals surface area contributed by atoms with Crippen LogP contribution in [0.3, 0.4) is 0 Å². The lowest BCUT2D eigenvalue weighted by Crippen LogP contribution is -2.53. The summed E-state index contributed by atoms with van der Waals surface area (Å²) in [5, 5.41) is 8.94. The number of carboxylic acid groups (broad SMARTS) is 1. The van der Waals surface area contributed by atoms with E-state index in [0.29, 0.717) is 13.1 Å². The first-order chi connectivity index (χ1) is 9.58. The van der Waals surface area contributed by atoms with Crippen molar-refractivity contribution in [2.45, 2.75) is 31.5 Å². The number of likely N-dealkylation sites (N-methyl/N-ethyl adjacent to an activating group) is 1. The lowest BCUT2D eigenvalue weighted by Gasteiger charge is -2.35. The summed E-state index contributed by atoms with van der Waals surface area (Å²) in [6.07, 6.45) is 2.35. The lowest BCUT2D eigenvalue weighted by molar-refractivity contribution is -0.154. The van der Waals surface area contributed by atoms with Crippen LogP contribution in [0.5, 0.6) is 0 Å². The van der Waals surface area contributed by atoms with Crippen molar-refractivity contribution in [1.29, 1.82) is 0 Å². The summed E-state index contributed by atoms with van der Waals surface area (Å²) in [5.41, 5.74) is 0. The van der Waals surface area contributed by atoms with Gasteiger partial charge in [0.25, 0.3) is 0 Å². The molecule has 0 aromatic rings. The third kappa shape index (κ3) is 3.83. The summed E-state index contributed by atoms with van der Waals surface area (Å²) in [7, 11) is 1.73. The van der Waals surface area contributed by atoms with E-state index in [9.17, 15) is 9.59 Å². The number of nitrogens with zero attached hydrogens (tertiary/aromatic N) is 2. The molecule has 0 bridgehead atoms. The van der Waals surface area contributed by atoms with Crippen molar-refractivity contribution < 1.29 is 24.2 Å². The summed E-state index contributed by atoms with van der Waals surface area (Å²) in [6.45, 7) is 2.10. The van der Waals surface area contributed by atoms with E-state index in [1.165, 1.54) is 4.90 Å². The highest BCUT2D eigenvalue weighted by molar-refractivity contribution is 5.77. The molecule has 7 heteroatoms. The maximum absolute atomic E-state index is 12.3. The molecule has 114 valence electrons. The molecule has 0 aliphatic carbocycles. The van der Waals surface area contributed by atoms with Crippen LogP contribution < -0.4 is 0 Å². The molecule has 0 aromatic heterocycles. The van der Waals surface area contributed by atoms with E-state index in [4.69, 9.17) is 14.6 Å². The van der Waals surface area contributed by atoms with E-state index < -0.39 is 12.1 Å². The molecule has 2 aliphatic heterocycles. The van der Waals surface area contributed by atoms with E-state index in [1.54, 1.807) is 11.9 Å². The van der Waals surface area contributed by atoms with Gasteiger partial charge in [-0.15, -0.1) is 0 Å². The second-order valence-electron chi connectivity index (χ2n) is 5.30. The van der Waals surface area contributed by atoms with Gasteiger partial charge < -0.3 is 24.4 Å². The van der Waals surface area contributed by atoms with Crippen molar-refractivity contribution in [3.63, 3.8) is 0 Å². The van der Waals surface area contributed by atoms with Crippen molar-refractivity contribution in [1.82, 2.24) is 9.80 Å². The van der Waals surface area contributed by atoms with Gasteiger partial charge in [-0.05, 0) is 19.3 Å². The highest BCUT2D eigenvalue weighted by Gasteiger charge is 2.31. The third-order valence-electron chi connectivity index (χ3n) is 3.69. The molecule has 0 aromatic carbocycles. The lowest BCUT2D eigenvalue weighted by atomic mass is 10.1. The summed E-state index contributed by atoms with van der Waals surface area (Å²) in [4.78, 5) is 26.3. The number of amides is 2. The zero-order chi connectivity index (χ0) is 14.5. The fourth-order valence-electron chi connectivity index (χ4n) is 2.55. The first kappa shape index (κ1) is 15.1. The Hall–Kier alpha value is -1.34. The van der Waals surface area contributed by atoms with E-state index in [1.807, 2.05) is 0 Å². The number of rotatable bonds is 3. The molecule has 2 fully saturated rings. The van der Waals surface area contributed by atoms with Crippen LogP contribution in [0.25, 0.3) is 0 Å². The minimum absolute atomic E-state index is 0.0917. The SMILES string of the molecule is CN(CC1CCCCO1)C(=O)N1CCOC(C(=O)O)C1. The van der Waals surface area contributed by atoms with Crippen LogP contribution in [-0.4, -0.2) is 79.0 Å². The Labute approximate surface area is 118 Å². The van der Waals surface area contributed by atoms with E-state index in [0.717, 1.165) is 25.9 Å². The van der Waals surface area contributed by atoms with Gasteiger partial charge in [-0.1, -0.05) is 0 Å². The fraction of sp³-hybridized carbons (Fsp3) is 0.846. The van der Waals surface area contributed by atoms with Crippen LogP contribution in [0.4, 0.5) is 4.79 Å². The minimum Gasteiger partial charge on any atom is -0.479 e. The van der Waals surface area contributed by atoms with Crippen molar-refractivity contribution in [3.05, 3.63) is 0 Å². The van der Waals surface area contributed by atoms with Crippen molar-refractivity contribution >= 4 is 12.0 Å². The monoisotopic (exact) mass is 286 g/mol. The average molecular weight is 286 g/mol. The zero-order valence-electron chi connectivity index (χ0n) is 11.8. The van der Waals surface area contributed by atoms with Crippen LogP contribution in [0, 0.1) is 0 Å². The molecule has 20 heavy (non-hydrogen) atoms. The minimum atomic E-state index is -1.03. The van der Waals surface area contributed by atoms with Gasteiger partial charge in [-0.25, -0.2) is 9.59 Å². The number of carboxylic acids is 1. The fourth-order valence-corrected chi connectivity index (χ4v) is 2.55. The van der Waals surface area contributed by atoms with Crippen LogP contribution in [-0.2, 0) is 14.3 Å². The quantitative estimate of drug-likeness (QED) is 0.812. The molecule has 1 N–H and O–H groups in total. The van der Waals surface area contributed by atoms with Gasteiger partial charge in [0.2, 0.25) is 0 Å². The summed E-state index contributed by atoms with van der Waals surface area (Å²) in [6, 6.07) is -0.159. The summed E-state index contributed by atoms with van der Waals surface area (Å²) in [5.74, 6) is -1.03. The normalized spacial score (nSPS) is 27.1. The second-order valence-corrected chi connectivity index (χ2v) is 5.30. The van der Waals surface area contributed by atoms with Gasteiger partial charge in [-0.2, -0.15) is 0 Å². The number of hydrogen-bond donors (Lipinski definition) is 1. The Kier molecular flexibility index (Phi) is 5.19.